The van der Waals surface area contributed by atoms with E-state index in [1.54, 1.807) is 23.1 Å². The van der Waals surface area contributed by atoms with Crippen molar-refractivity contribution in [1.82, 2.24) is 9.80 Å². The minimum absolute atomic E-state index is 0.144. The van der Waals surface area contributed by atoms with Crippen molar-refractivity contribution in [2.75, 3.05) is 13.1 Å². The van der Waals surface area contributed by atoms with Crippen LogP contribution < -0.4 is 0 Å². The number of likely N-dealkylation sites (tertiary alicyclic amines) is 1. The van der Waals surface area contributed by atoms with Crippen molar-refractivity contribution in [1.29, 1.82) is 0 Å². The van der Waals surface area contributed by atoms with Gasteiger partial charge in [0, 0.05) is 19.0 Å². The number of fused-ring (bicyclic) bond motifs is 1. The topological polar surface area (TPSA) is 57.7 Å². The third-order valence-electron chi connectivity index (χ3n) is 5.19. The number of rotatable bonds is 2. The molecule has 1 aromatic carbocycles. The smallest absolute Gasteiger partial charge is 0.263 e. The van der Waals surface area contributed by atoms with Crippen LogP contribution >= 0.6 is 11.6 Å². The van der Waals surface area contributed by atoms with Crippen molar-refractivity contribution >= 4 is 29.3 Å². The summed E-state index contributed by atoms with van der Waals surface area (Å²) in [6.45, 7) is 1.06. The molecule has 0 spiro atoms. The van der Waals surface area contributed by atoms with E-state index in [9.17, 15) is 14.4 Å². The molecule has 1 aliphatic carbocycles. The number of amides is 3. The van der Waals surface area contributed by atoms with Crippen molar-refractivity contribution < 1.29 is 14.4 Å². The Hall–Kier alpha value is -1.88. The average Bonchev–Trinajstić information content (AvgIpc) is 3.02. The molecular weight excluding hydrogens is 316 g/mol. The number of carbonyl (C=O) groups is 3. The summed E-state index contributed by atoms with van der Waals surface area (Å²) in [6.07, 6.45) is 3.68. The molecule has 0 aromatic heterocycles. The number of nitrogens with zero attached hydrogens (tertiary/aromatic N) is 2. The first-order valence-corrected chi connectivity index (χ1v) is 8.41. The molecule has 2 aliphatic heterocycles. The lowest BCUT2D eigenvalue weighted by molar-refractivity contribution is -0.137. The van der Waals surface area contributed by atoms with Gasteiger partial charge in [0.1, 0.15) is 0 Å². The minimum atomic E-state index is -0.335. The van der Waals surface area contributed by atoms with Crippen molar-refractivity contribution in [2.45, 2.75) is 31.7 Å². The van der Waals surface area contributed by atoms with Crippen molar-refractivity contribution in [3.63, 3.8) is 0 Å². The molecule has 1 saturated heterocycles. The van der Waals surface area contributed by atoms with Crippen LogP contribution in [0.2, 0.25) is 5.02 Å². The van der Waals surface area contributed by atoms with Gasteiger partial charge in [-0.25, -0.2) is 0 Å². The molecule has 0 radical (unpaired) electrons. The third-order valence-corrected chi connectivity index (χ3v) is 5.51. The second-order valence-electron chi connectivity index (χ2n) is 6.50. The molecule has 6 heteroatoms. The zero-order chi connectivity index (χ0) is 16.1. The van der Waals surface area contributed by atoms with Gasteiger partial charge in [-0.3, -0.25) is 19.3 Å². The number of hydrogen-bond acceptors (Lipinski definition) is 3. The van der Waals surface area contributed by atoms with Crippen molar-refractivity contribution in [2.24, 2.45) is 5.92 Å². The van der Waals surface area contributed by atoms with E-state index in [1.165, 1.54) is 4.90 Å². The van der Waals surface area contributed by atoms with Crippen LogP contribution in [-0.4, -0.2) is 46.7 Å². The van der Waals surface area contributed by atoms with Gasteiger partial charge >= 0.3 is 0 Å². The van der Waals surface area contributed by atoms with E-state index < -0.39 is 0 Å². The number of carbonyl (C=O) groups excluding carboxylic acids is 3. The lowest BCUT2D eigenvalue weighted by Gasteiger charge is -2.29. The highest BCUT2D eigenvalue weighted by Gasteiger charge is 2.44. The van der Waals surface area contributed by atoms with Crippen LogP contribution in [0.5, 0.6) is 0 Å². The highest BCUT2D eigenvalue weighted by atomic mass is 35.5. The molecule has 120 valence electrons. The molecular formula is C17H17ClN2O3. The molecule has 3 amide bonds. The Balaban J connectivity index is 1.54. The Bertz CT molecular complexity index is 714. The summed E-state index contributed by atoms with van der Waals surface area (Å²) in [6, 6.07) is 4.68. The maximum Gasteiger partial charge on any atom is 0.263 e. The van der Waals surface area contributed by atoms with Gasteiger partial charge in [-0.05, 0) is 31.4 Å². The molecule has 5 nitrogen and oxygen atoms in total. The van der Waals surface area contributed by atoms with Gasteiger partial charge in [-0.1, -0.05) is 24.1 Å². The summed E-state index contributed by atoms with van der Waals surface area (Å²) in [5.74, 6) is -0.312. The fourth-order valence-electron chi connectivity index (χ4n) is 3.66. The van der Waals surface area contributed by atoms with Crippen LogP contribution in [0.3, 0.4) is 0 Å². The highest BCUT2D eigenvalue weighted by Crippen LogP contribution is 2.34. The maximum atomic E-state index is 12.6. The van der Waals surface area contributed by atoms with E-state index in [4.69, 9.17) is 11.6 Å². The predicted molar refractivity (Wildman–Crippen MR) is 84.3 cm³/mol. The molecule has 23 heavy (non-hydrogen) atoms. The summed E-state index contributed by atoms with van der Waals surface area (Å²) in [5, 5.41) is 0.309. The maximum absolute atomic E-state index is 12.6. The van der Waals surface area contributed by atoms with E-state index >= 15 is 0 Å². The monoisotopic (exact) mass is 332 g/mol. The molecule has 1 atom stereocenters. The molecule has 2 fully saturated rings. The quantitative estimate of drug-likeness (QED) is 0.781. The third kappa shape index (κ3) is 2.17. The molecule has 1 unspecified atom stereocenters. The number of hydrogen-bond donors (Lipinski definition) is 0. The second kappa shape index (κ2) is 5.34. The van der Waals surface area contributed by atoms with E-state index in [0.29, 0.717) is 35.7 Å². The first-order chi connectivity index (χ1) is 11.1. The minimum Gasteiger partial charge on any atom is -0.340 e. The molecule has 0 bridgehead atoms. The van der Waals surface area contributed by atoms with Gasteiger partial charge < -0.3 is 4.90 Å². The summed E-state index contributed by atoms with van der Waals surface area (Å²) >= 11 is 6.08. The fourth-order valence-corrected chi connectivity index (χ4v) is 3.92. The van der Waals surface area contributed by atoms with Crippen LogP contribution in [0.1, 0.15) is 46.4 Å². The van der Waals surface area contributed by atoms with Gasteiger partial charge in [0.25, 0.3) is 11.8 Å². The standard InChI is InChI=1S/C17H17ClN2O3/c18-13-6-2-5-12-14(13)17(23)20(16(12)22)11-7-8-19(9-11)15(21)10-3-1-4-10/h2,5-6,10-11H,1,3-4,7-9H2. The molecule has 4 rings (SSSR count). The van der Waals surface area contributed by atoms with Crippen LogP contribution in [0, 0.1) is 5.92 Å². The molecule has 0 N–H and O–H groups in total. The van der Waals surface area contributed by atoms with Gasteiger partial charge in [0.15, 0.2) is 0 Å². The van der Waals surface area contributed by atoms with Crippen LogP contribution in [0.15, 0.2) is 18.2 Å². The van der Waals surface area contributed by atoms with E-state index in [-0.39, 0.29) is 29.7 Å². The first kappa shape index (κ1) is 14.7. The number of imide groups is 1. The molecule has 2 heterocycles. The van der Waals surface area contributed by atoms with Crippen LogP contribution in [0.25, 0.3) is 0 Å². The first-order valence-electron chi connectivity index (χ1n) is 8.03. The number of halogens is 1. The Morgan fingerprint density at radius 1 is 1.13 bits per heavy atom. The van der Waals surface area contributed by atoms with E-state index in [2.05, 4.69) is 0 Å². The predicted octanol–water partition coefficient (Wildman–Crippen LogP) is 2.34. The van der Waals surface area contributed by atoms with Gasteiger partial charge in [-0.2, -0.15) is 0 Å². The van der Waals surface area contributed by atoms with Gasteiger partial charge in [-0.15, -0.1) is 0 Å². The van der Waals surface area contributed by atoms with Crippen LogP contribution in [0.4, 0.5) is 0 Å². The Kier molecular flexibility index (Phi) is 3.41. The Labute approximate surface area is 139 Å². The van der Waals surface area contributed by atoms with Crippen molar-refractivity contribution in [3.05, 3.63) is 34.3 Å². The second-order valence-corrected chi connectivity index (χ2v) is 6.90. The normalized spacial score (nSPS) is 24.1. The van der Waals surface area contributed by atoms with Crippen LogP contribution in [-0.2, 0) is 4.79 Å². The summed E-state index contributed by atoms with van der Waals surface area (Å²) < 4.78 is 0. The van der Waals surface area contributed by atoms with Gasteiger partial charge in [0.2, 0.25) is 5.91 Å². The largest absolute Gasteiger partial charge is 0.340 e. The summed E-state index contributed by atoms with van der Waals surface area (Å²) in [7, 11) is 0. The lowest BCUT2D eigenvalue weighted by atomic mass is 9.84. The Morgan fingerprint density at radius 2 is 1.91 bits per heavy atom. The number of benzene rings is 1. The zero-order valence-electron chi connectivity index (χ0n) is 12.6. The summed E-state index contributed by atoms with van der Waals surface area (Å²) in [4.78, 5) is 40.6. The lowest BCUT2D eigenvalue weighted by Crippen LogP contribution is -2.43. The van der Waals surface area contributed by atoms with Gasteiger partial charge in [0.05, 0.1) is 22.2 Å². The SMILES string of the molecule is O=C(C1CCC1)N1CCC(N2C(=O)c3cccc(Cl)c3C2=O)C1. The summed E-state index contributed by atoms with van der Waals surface area (Å²) in [5.41, 5.74) is 0.661. The molecule has 3 aliphatic rings. The van der Waals surface area contributed by atoms with E-state index in [1.807, 2.05) is 0 Å². The highest BCUT2D eigenvalue weighted by molar-refractivity contribution is 6.37. The Morgan fingerprint density at radius 3 is 2.57 bits per heavy atom. The molecule has 1 aromatic rings. The fraction of sp³-hybridized carbons (Fsp3) is 0.471. The van der Waals surface area contributed by atoms with Crippen molar-refractivity contribution in [3.8, 4) is 0 Å². The average molecular weight is 333 g/mol. The van der Waals surface area contributed by atoms with E-state index in [0.717, 1.165) is 19.3 Å². The molecule has 1 saturated carbocycles. The zero-order valence-corrected chi connectivity index (χ0v) is 13.4.